The molecule has 1 saturated heterocycles. The van der Waals surface area contributed by atoms with Crippen LogP contribution in [0.4, 0.5) is 20.3 Å². The van der Waals surface area contributed by atoms with Crippen molar-refractivity contribution in [3.8, 4) is 0 Å². The summed E-state index contributed by atoms with van der Waals surface area (Å²) in [5, 5.41) is 6.22. The van der Waals surface area contributed by atoms with Crippen LogP contribution in [0.5, 0.6) is 0 Å². The van der Waals surface area contributed by atoms with Crippen molar-refractivity contribution in [3.05, 3.63) is 89.6 Å². The second kappa shape index (κ2) is 9.00. The minimum Gasteiger partial charge on any atom is -0.355 e. The Labute approximate surface area is 173 Å². The van der Waals surface area contributed by atoms with E-state index < -0.39 is 11.6 Å². The molecule has 3 aromatic rings. The molecule has 2 aromatic carbocycles. The maximum absolute atomic E-state index is 13.3. The van der Waals surface area contributed by atoms with Gasteiger partial charge in [-0.15, -0.1) is 0 Å². The monoisotopic (exact) mass is 408 g/mol. The number of hydrogen-bond donors (Lipinski definition) is 2. The summed E-state index contributed by atoms with van der Waals surface area (Å²) >= 11 is 0. The second-order valence-corrected chi connectivity index (χ2v) is 7.29. The number of carbonyl (C=O) groups excluding carboxylic acids is 1. The fourth-order valence-corrected chi connectivity index (χ4v) is 3.48. The number of amides is 1. The first-order valence-corrected chi connectivity index (χ1v) is 9.83. The Morgan fingerprint density at radius 2 is 1.90 bits per heavy atom. The Balaban J connectivity index is 1.30. The van der Waals surface area contributed by atoms with Crippen LogP contribution < -0.4 is 15.5 Å². The number of para-hydroxylation sites is 1. The number of rotatable bonds is 6. The standard InChI is InChI=1S/C23H22F2N4O/c24-20-8-6-16(12-21(20)25)13-26-19-10-11-29(15-19)22-9-7-17(14-27-22)23(30)28-18-4-2-1-3-5-18/h1-9,12,14,19,26H,10-11,13,15H2,(H,28,30)/t19-/m1/s1. The molecule has 5 nitrogen and oxygen atoms in total. The minimum atomic E-state index is -0.835. The molecule has 0 aliphatic carbocycles. The highest BCUT2D eigenvalue weighted by Gasteiger charge is 2.23. The summed E-state index contributed by atoms with van der Waals surface area (Å²) in [5.74, 6) is -1.06. The molecule has 154 valence electrons. The van der Waals surface area contributed by atoms with Crippen molar-refractivity contribution in [3.63, 3.8) is 0 Å². The molecule has 1 aromatic heterocycles. The third-order valence-corrected chi connectivity index (χ3v) is 5.13. The number of pyridine rings is 1. The zero-order valence-corrected chi connectivity index (χ0v) is 16.3. The number of nitrogens with zero attached hydrogens (tertiary/aromatic N) is 2. The highest BCUT2D eigenvalue weighted by atomic mass is 19.2. The average Bonchev–Trinajstić information content (AvgIpc) is 3.24. The Bertz CT molecular complexity index is 1010. The highest BCUT2D eigenvalue weighted by Crippen LogP contribution is 2.19. The summed E-state index contributed by atoms with van der Waals surface area (Å²) in [5.41, 5.74) is 1.94. The fourth-order valence-electron chi connectivity index (χ4n) is 3.48. The molecule has 1 aliphatic rings. The van der Waals surface area contributed by atoms with Crippen LogP contribution in [-0.2, 0) is 6.54 Å². The van der Waals surface area contributed by atoms with Gasteiger partial charge < -0.3 is 15.5 Å². The lowest BCUT2D eigenvalue weighted by Gasteiger charge is -2.18. The van der Waals surface area contributed by atoms with E-state index in [9.17, 15) is 13.6 Å². The number of carbonyl (C=O) groups is 1. The van der Waals surface area contributed by atoms with Crippen molar-refractivity contribution in [1.29, 1.82) is 0 Å². The van der Waals surface area contributed by atoms with Gasteiger partial charge in [-0.05, 0) is 48.4 Å². The molecule has 30 heavy (non-hydrogen) atoms. The van der Waals surface area contributed by atoms with Gasteiger partial charge in [-0.2, -0.15) is 0 Å². The maximum Gasteiger partial charge on any atom is 0.257 e. The van der Waals surface area contributed by atoms with Crippen LogP contribution >= 0.6 is 0 Å². The SMILES string of the molecule is O=C(Nc1ccccc1)c1ccc(N2CC[C@@H](NCc3ccc(F)c(F)c3)C2)nc1. The van der Waals surface area contributed by atoms with Gasteiger partial charge in [-0.3, -0.25) is 4.79 Å². The first-order chi connectivity index (χ1) is 14.6. The zero-order chi connectivity index (χ0) is 20.9. The number of halogens is 2. The van der Waals surface area contributed by atoms with Crippen molar-refractivity contribution < 1.29 is 13.6 Å². The number of aromatic nitrogens is 1. The van der Waals surface area contributed by atoms with Gasteiger partial charge in [-0.25, -0.2) is 13.8 Å². The summed E-state index contributed by atoms with van der Waals surface area (Å²) in [7, 11) is 0. The molecule has 1 amide bonds. The van der Waals surface area contributed by atoms with E-state index in [2.05, 4.69) is 20.5 Å². The van der Waals surface area contributed by atoms with Crippen molar-refractivity contribution in [2.24, 2.45) is 0 Å². The smallest absolute Gasteiger partial charge is 0.257 e. The van der Waals surface area contributed by atoms with E-state index in [0.717, 1.165) is 37.1 Å². The lowest BCUT2D eigenvalue weighted by atomic mass is 10.2. The third-order valence-electron chi connectivity index (χ3n) is 5.13. The molecule has 0 radical (unpaired) electrons. The van der Waals surface area contributed by atoms with Crippen molar-refractivity contribution in [1.82, 2.24) is 10.3 Å². The molecule has 4 rings (SSSR count). The van der Waals surface area contributed by atoms with Gasteiger partial charge >= 0.3 is 0 Å². The van der Waals surface area contributed by atoms with E-state index >= 15 is 0 Å². The van der Waals surface area contributed by atoms with Gasteiger partial charge in [0.2, 0.25) is 0 Å². The molecule has 0 saturated carbocycles. The molecule has 0 bridgehead atoms. The topological polar surface area (TPSA) is 57.3 Å². The number of nitrogens with one attached hydrogen (secondary N) is 2. The van der Waals surface area contributed by atoms with Crippen LogP contribution in [0, 0.1) is 11.6 Å². The molecule has 0 spiro atoms. The molecule has 1 aliphatic heterocycles. The lowest BCUT2D eigenvalue weighted by Crippen LogP contribution is -2.32. The molecule has 2 N–H and O–H groups in total. The molecular weight excluding hydrogens is 386 g/mol. The Kier molecular flexibility index (Phi) is 5.99. The summed E-state index contributed by atoms with van der Waals surface area (Å²) in [6.45, 7) is 2.06. The molecule has 2 heterocycles. The van der Waals surface area contributed by atoms with E-state index in [-0.39, 0.29) is 11.9 Å². The number of hydrogen-bond acceptors (Lipinski definition) is 4. The molecule has 1 atom stereocenters. The summed E-state index contributed by atoms with van der Waals surface area (Å²) in [6.07, 6.45) is 2.50. The van der Waals surface area contributed by atoms with E-state index in [0.29, 0.717) is 17.7 Å². The molecule has 7 heteroatoms. The molecular formula is C23H22F2N4O. The Morgan fingerprint density at radius 1 is 1.07 bits per heavy atom. The van der Waals surface area contributed by atoms with Gasteiger partial charge in [0, 0.05) is 37.6 Å². The fraction of sp³-hybridized carbons (Fsp3) is 0.217. The molecule has 0 unspecified atom stereocenters. The Morgan fingerprint density at radius 3 is 2.63 bits per heavy atom. The lowest BCUT2D eigenvalue weighted by molar-refractivity contribution is 0.102. The predicted octanol–water partition coefficient (Wildman–Crippen LogP) is 3.98. The van der Waals surface area contributed by atoms with Gasteiger partial charge in [0.05, 0.1) is 5.56 Å². The van der Waals surface area contributed by atoms with Crippen LogP contribution in [0.3, 0.4) is 0 Å². The first-order valence-electron chi connectivity index (χ1n) is 9.83. The highest BCUT2D eigenvalue weighted by molar-refractivity contribution is 6.04. The van der Waals surface area contributed by atoms with Gasteiger partial charge in [0.25, 0.3) is 5.91 Å². The largest absolute Gasteiger partial charge is 0.355 e. The van der Waals surface area contributed by atoms with Crippen molar-refractivity contribution in [2.45, 2.75) is 19.0 Å². The predicted molar refractivity (Wildman–Crippen MR) is 112 cm³/mol. The number of benzene rings is 2. The maximum atomic E-state index is 13.3. The van der Waals surface area contributed by atoms with E-state index in [1.165, 1.54) is 6.07 Å². The Hall–Kier alpha value is -3.32. The van der Waals surface area contributed by atoms with Crippen molar-refractivity contribution >= 4 is 17.4 Å². The van der Waals surface area contributed by atoms with Gasteiger partial charge in [0.1, 0.15) is 5.82 Å². The van der Waals surface area contributed by atoms with Crippen molar-refractivity contribution in [2.75, 3.05) is 23.3 Å². The van der Waals surface area contributed by atoms with Crippen LogP contribution in [-0.4, -0.2) is 30.0 Å². The minimum absolute atomic E-state index is 0.201. The van der Waals surface area contributed by atoms with Crippen LogP contribution in [0.25, 0.3) is 0 Å². The number of anilines is 2. The van der Waals surface area contributed by atoms with E-state index in [1.54, 1.807) is 18.3 Å². The molecule has 1 fully saturated rings. The van der Waals surface area contributed by atoms with Gasteiger partial charge in [-0.1, -0.05) is 24.3 Å². The zero-order valence-electron chi connectivity index (χ0n) is 16.3. The quantitative estimate of drug-likeness (QED) is 0.648. The van der Waals surface area contributed by atoms with E-state index in [1.807, 2.05) is 36.4 Å². The first kappa shape index (κ1) is 20.0. The van der Waals surface area contributed by atoms with Crippen LogP contribution in [0.2, 0.25) is 0 Å². The third kappa shape index (κ3) is 4.80. The second-order valence-electron chi connectivity index (χ2n) is 7.29. The van der Waals surface area contributed by atoms with Crippen LogP contribution in [0.1, 0.15) is 22.3 Å². The summed E-state index contributed by atoms with van der Waals surface area (Å²) in [6, 6.07) is 17.1. The van der Waals surface area contributed by atoms with E-state index in [4.69, 9.17) is 0 Å². The summed E-state index contributed by atoms with van der Waals surface area (Å²) in [4.78, 5) is 18.9. The average molecular weight is 408 g/mol. The summed E-state index contributed by atoms with van der Waals surface area (Å²) < 4.78 is 26.4. The normalized spacial score (nSPS) is 15.9. The van der Waals surface area contributed by atoms with Crippen LogP contribution in [0.15, 0.2) is 66.9 Å². The van der Waals surface area contributed by atoms with Gasteiger partial charge in [0.15, 0.2) is 11.6 Å².